The topological polar surface area (TPSA) is 97.9 Å². The van der Waals surface area contributed by atoms with Crippen LogP contribution in [0.4, 0.5) is 10.1 Å². The van der Waals surface area contributed by atoms with Crippen molar-refractivity contribution in [3.8, 4) is 17.1 Å². The zero-order valence-corrected chi connectivity index (χ0v) is 22.1. The first kappa shape index (κ1) is 23.9. The minimum atomic E-state index is -0.492. The molecule has 0 amide bonds. The molecule has 198 valence electrons. The zero-order chi connectivity index (χ0) is 26.8. The van der Waals surface area contributed by atoms with E-state index < -0.39 is 11.2 Å². The molecule has 39 heavy (non-hydrogen) atoms. The minimum absolute atomic E-state index is 0.107. The van der Waals surface area contributed by atoms with Gasteiger partial charge in [-0.1, -0.05) is 17.4 Å². The maximum absolute atomic E-state index is 15.6. The van der Waals surface area contributed by atoms with E-state index >= 15 is 4.39 Å². The highest BCUT2D eigenvalue weighted by Crippen LogP contribution is 2.42. The second-order valence-corrected chi connectivity index (χ2v) is 11.0. The number of ether oxygens (including phenoxy) is 1. The summed E-state index contributed by atoms with van der Waals surface area (Å²) in [7, 11) is 2.04. The van der Waals surface area contributed by atoms with Crippen molar-refractivity contribution >= 4 is 39.0 Å². The van der Waals surface area contributed by atoms with Gasteiger partial charge in [0.1, 0.15) is 12.3 Å². The van der Waals surface area contributed by atoms with Crippen molar-refractivity contribution < 1.29 is 9.13 Å². The Labute approximate surface area is 225 Å². The zero-order valence-electron chi connectivity index (χ0n) is 21.3. The molecule has 0 radical (unpaired) electrons. The van der Waals surface area contributed by atoms with Crippen molar-refractivity contribution in [2.24, 2.45) is 0 Å². The van der Waals surface area contributed by atoms with Gasteiger partial charge in [-0.2, -0.15) is 9.50 Å². The fourth-order valence-corrected chi connectivity index (χ4v) is 6.16. The molecule has 1 aromatic carbocycles. The first-order valence-electron chi connectivity index (χ1n) is 12.7. The normalized spacial score (nSPS) is 18.3. The van der Waals surface area contributed by atoms with Crippen LogP contribution in [0.5, 0.6) is 5.75 Å². The van der Waals surface area contributed by atoms with Crippen LogP contribution in [0.1, 0.15) is 18.5 Å². The SMILES string of the molecule is C[C@H]1COc2c(N3CCN(C)CC3)c(F)cc3c(=O)c(-c4nc5s/c(=C/c6cccnc6)c(=O)n5n4)cn1c23. The Morgan fingerprint density at radius 1 is 1.21 bits per heavy atom. The lowest BCUT2D eigenvalue weighted by molar-refractivity contribution is 0.245. The van der Waals surface area contributed by atoms with Gasteiger partial charge in [-0.15, -0.1) is 5.10 Å². The van der Waals surface area contributed by atoms with Gasteiger partial charge < -0.3 is 19.1 Å². The third kappa shape index (κ3) is 3.81. The molecule has 0 spiro atoms. The molecule has 0 unspecified atom stereocenters. The van der Waals surface area contributed by atoms with E-state index in [1.54, 1.807) is 30.7 Å². The minimum Gasteiger partial charge on any atom is -0.487 e. The van der Waals surface area contributed by atoms with E-state index in [2.05, 4.69) is 20.0 Å². The van der Waals surface area contributed by atoms with Gasteiger partial charge in [0.15, 0.2) is 17.4 Å². The van der Waals surface area contributed by atoms with Crippen molar-refractivity contribution in [2.45, 2.75) is 13.0 Å². The lowest BCUT2D eigenvalue weighted by Gasteiger charge is -2.37. The molecule has 12 heteroatoms. The Bertz CT molecular complexity index is 1930. The van der Waals surface area contributed by atoms with E-state index in [-0.39, 0.29) is 28.4 Å². The fraction of sp³-hybridized carbons (Fsp3) is 0.296. The molecule has 2 aliphatic rings. The number of likely N-dealkylation sites (N-methyl/N-ethyl adjacent to an activating group) is 1. The number of anilines is 1. The summed E-state index contributed by atoms with van der Waals surface area (Å²) >= 11 is 1.18. The number of pyridine rings is 2. The number of hydrogen-bond acceptors (Lipinski definition) is 9. The summed E-state index contributed by atoms with van der Waals surface area (Å²) in [6.45, 7) is 5.27. The lowest BCUT2D eigenvalue weighted by Crippen LogP contribution is -2.45. The van der Waals surface area contributed by atoms with Crippen LogP contribution >= 0.6 is 11.3 Å². The maximum atomic E-state index is 15.6. The summed E-state index contributed by atoms with van der Waals surface area (Å²) in [5.74, 6) is 0.0341. The van der Waals surface area contributed by atoms with Crippen molar-refractivity contribution in [1.29, 1.82) is 0 Å². The van der Waals surface area contributed by atoms with Gasteiger partial charge in [0, 0.05) is 44.8 Å². The van der Waals surface area contributed by atoms with E-state index in [1.165, 1.54) is 21.9 Å². The van der Waals surface area contributed by atoms with Crippen LogP contribution in [0, 0.1) is 5.82 Å². The van der Waals surface area contributed by atoms with Crippen LogP contribution in [0.2, 0.25) is 0 Å². The van der Waals surface area contributed by atoms with Gasteiger partial charge in [0.05, 0.1) is 27.0 Å². The molecular formula is C27H24FN7O3S. The van der Waals surface area contributed by atoms with Crippen LogP contribution in [0.3, 0.4) is 0 Å². The van der Waals surface area contributed by atoms with Gasteiger partial charge in [0.2, 0.25) is 10.4 Å². The average Bonchev–Trinajstić information content (AvgIpc) is 3.47. The number of halogens is 1. The van der Waals surface area contributed by atoms with Crippen molar-refractivity contribution in [1.82, 2.24) is 29.0 Å². The molecule has 10 nitrogen and oxygen atoms in total. The monoisotopic (exact) mass is 545 g/mol. The molecule has 0 aliphatic carbocycles. The first-order chi connectivity index (χ1) is 18.9. The Morgan fingerprint density at radius 3 is 2.77 bits per heavy atom. The van der Waals surface area contributed by atoms with Crippen LogP contribution in [0.25, 0.3) is 33.3 Å². The molecule has 6 heterocycles. The molecule has 1 fully saturated rings. The van der Waals surface area contributed by atoms with E-state index in [9.17, 15) is 9.59 Å². The number of piperazine rings is 1. The summed E-state index contributed by atoms with van der Waals surface area (Å²) in [5, 5.41) is 4.59. The third-order valence-corrected chi connectivity index (χ3v) is 8.33. The Hall–Kier alpha value is -4.16. The highest BCUT2D eigenvalue weighted by atomic mass is 32.1. The number of rotatable bonds is 3. The summed E-state index contributed by atoms with van der Waals surface area (Å²) in [4.78, 5) is 39.9. The van der Waals surface area contributed by atoms with Gasteiger partial charge in [0.25, 0.3) is 5.56 Å². The summed E-state index contributed by atoms with van der Waals surface area (Å²) in [5.41, 5.74) is 1.23. The Kier molecular flexibility index (Phi) is 5.49. The molecule has 0 saturated carbocycles. The predicted octanol–water partition coefficient (Wildman–Crippen LogP) is 1.92. The fourth-order valence-electron chi connectivity index (χ4n) is 5.26. The molecular weight excluding hydrogens is 521 g/mol. The van der Waals surface area contributed by atoms with Gasteiger partial charge in [-0.25, -0.2) is 4.39 Å². The number of thiazole rings is 1. The molecule has 0 N–H and O–H groups in total. The quantitative estimate of drug-likeness (QED) is 0.339. The molecule has 5 aromatic rings. The highest BCUT2D eigenvalue weighted by Gasteiger charge is 2.31. The van der Waals surface area contributed by atoms with Crippen LogP contribution in [-0.4, -0.2) is 68.9 Å². The number of hydrogen-bond donors (Lipinski definition) is 0. The van der Waals surface area contributed by atoms with E-state index in [0.717, 1.165) is 18.7 Å². The second-order valence-electron chi connectivity index (χ2n) is 9.99. The molecule has 4 aromatic heterocycles. The Morgan fingerprint density at radius 2 is 2.03 bits per heavy atom. The summed E-state index contributed by atoms with van der Waals surface area (Å²) in [6, 6.07) is 4.83. The Balaban J connectivity index is 1.38. The average molecular weight is 546 g/mol. The van der Waals surface area contributed by atoms with Gasteiger partial charge in [-0.3, -0.25) is 14.6 Å². The van der Waals surface area contributed by atoms with Gasteiger partial charge >= 0.3 is 0 Å². The van der Waals surface area contributed by atoms with Gasteiger partial charge in [-0.05, 0) is 37.7 Å². The lowest BCUT2D eigenvalue weighted by atomic mass is 10.0. The maximum Gasteiger partial charge on any atom is 0.291 e. The van der Waals surface area contributed by atoms with E-state index in [0.29, 0.717) is 46.1 Å². The van der Waals surface area contributed by atoms with E-state index in [4.69, 9.17) is 4.74 Å². The standard InChI is InChI=1S/C27H24FN7O3S/c1-15-14-38-24-21-17(11-19(28)22(24)33-8-6-32(2)7-9-33)23(36)18(13-34(15)21)25-30-27-35(31-25)26(37)20(39-27)10-16-4-3-5-29-12-16/h3-5,10-13,15H,6-9,14H2,1-2H3/b20-10+/t15-/m0/s1. The largest absolute Gasteiger partial charge is 0.487 e. The number of benzene rings is 1. The molecule has 7 rings (SSSR count). The smallest absolute Gasteiger partial charge is 0.291 e. The number of fused-ring (bicyclic) bond motifs is 1. The van der Waals surface area contributed by atoms with E-state index in [1.807, 2.05) is 29.5 Å². The van der Waals surface area contributed by atoms with Crippen LogP contribution < -0.4 is 25.2 Å². The molecule has 1 atom stereocenters. The van der Waals surface area contributed by atoms with Crippen molar-refractivity contribution in [2.75, 3.05) is 44.7 Å². The van der Waals surface area contributed by atoms with Crippen LogP contribution in [0.15, 0.2) is 46.4 Å². The summed E-state index contributed by atoms with van der Waals surface area (Å²) < 4.78 is 25.3. The molecule has 0 bridgehead atoms. The highest BCUT2D eigenvalue weighted by molar-refractivity contribution is 7.15. The predicted molar refractivity (Wildman–Crippen MR) is 147 cm³/mol. The van der Waals surface area contributed by atoms with Crippen molar-refractivity contribution in [3.05, 3.63) is 73.3 Å². The second kappa shape index (κ2) is 8.95. The first-order valence-corrected chi connectivity index (χ1v) is 13.5. The van der Waals surface area contributed by atoms with Crippen molar-refractivity contribution in [3.63, 3.8) is 0 Å². The molecule has 1 saturated heterocycles. The third-order valence-electron chi connectivity index (χ3n) is 7.37. The number of aromatic nitrogens is 5. The van der Waals surface area contributed by atoms with Crippen LogP contribution in [-0.2, 0) is 0 Å². The summed E-state index contributed by atoms with van der Waals surface area (Å²) in [6.07, 6.45) is 6.76. The molecule has 2 aliphatic heterocycles. The number of nitrogens with zero attached hydrogens (tertiary/aromatic N) is 7.